The fourth-order valence-corrected chi connectivity index (χ4v) is 3.62. The van der Waals surface area contributed by atoms with Gasteiger partial charge in [-0.2, -0.15) is 0 Å². The molecular weight excluding hydrogens is 385 g/mol. The Morgan fingerprint density at radius 1 is 1.30 bits per heavy atom. The number of aromatic nitrogens is 3. The van der Waals surface area contributed by atoms with Crippen molar-refractivity contribution in [3.63, 3.8) is 0 Å². The number of nitrogens with zero attached hydrogens (tertiary/aromatic N) is 4. The first-order valence-corrected chi connectivity index (χ1v) is 9.72. The van der Waals surface area contributed by atoms with E-state index < -0.39 is 0 Å². The van der Waals surface area contributed by atoms with Crippen LogP contribution in [0, 0.1) is 5.92 Å². The number of nitrogens with one attached hydrogen (secondary N) is 1. The monoisotopic (exact) mass is 411 g/mol. The van der Waals surface area contributed by atoms with Crippen LogP contribution in [-0.4, -0.2) is 52.0 Å². The summed E-state index contributed by atoms with van der Waals surface area (Å²) in [6.07, 6.45) is 2.74. The summed E-state index contributed by atoms with van der Waals surface area (Å²) in [6.45, 7) is 7.72. The lowest BCUT2D eigenvalue weighted by atomic mass is 9.96. The minimum Gasteiger partial charge on any atom is -0.337 e. The number of amides is 1. The summed E-state index contributed by atoms with van der Waals surface area (Å²) < 4.78 is 1.72. The summed E-state index contributed by atoms with van der Waals surface area (Å²) in [5.74, 6) is 0.629. The van der Waals surface area contributed by atoms with Crippen LogP contribution >= 0.6 is 24.0 Å². The lowest BCUT2D eigenvalue weighted by Crippen LogP contribution is -2.41. The molecule has 0 saturated carbocycles. The molecule has 3 rings (SSSR count). The van der Waals surface area contributed by atoms with Gasteiger partial charge in [0.25, 0.3) is 5.91 Å². The molecule has 0 spiro atoms. The van der Waals surface area contributed by atoms with Crippen LogP contribution in [0.2, 0.25) is 5.02 Å². The fraction of sp³-hybridized carbons (Fsp3) is 0.526. The molecular formula is C19H27Cl2N5O. The first-order valence-electron chi connectivity index (χ1n) is 9.34. The van der Waals surface area contributed by atoms with Crippen LogP contribution in [0.4, 0.5) is 0 Å². The number of hydrogen-bond acceptors (Lipinski definition) is 4. The number of halogens is 2. The van der Waals surface area contributed by atoms with Gasteiger partial charge < -0.3 is 10.2 Å². The maximum Gasteiger partial charge on any atom is 0.276 e. The molecule has 2 heterocycles. The topological polar surface area (TPSA) is 63.1 Å². The van der Waals surface area contributed by atoms with Crippen molar-refractivity contribution in [1.29, 1.82) is 0 Å². The number of rotatable bonds is 6. The number of hydrogen-bond donors (Lipinski definition) is 1. The second-order valence-electron chi connectivity index (χ2n) is 6.67. The molecule has 0 unspecified atom stereocenters. The molecule has 1 aromatic heterocycles. The van der Waals surface area contributed by atoms with E-state index in [4.69, 9.17) is 11.6 Å². The molecule has 1 fully saturated rings. The van der Waals surface area contributed by atoms with Crippen LogP contribution in [0.5, 0.6) is 0 Å². The van der Waals surface area contributed by atoms with Crippen molar-refractivity contribution in [3.8, 4) is 5.69 Å². The van der Waals surface area contributed by atoms with Crippen LogP contribution in [0.3, 0.4) is 0 Å². The third-order valence-electron chi connectivity index (χ3n) is 4.94. The molecule has 0 aliphatic carbocycles. The van der Waals surface area contributed by atoms with Gasteiger partial charge in [-0.3, -0.25) is 4.79 Å². The largest absolute Gasteiger partial charge is 0.337 e. The van der Waals surface area contributed by atoms with E-state index in [2.05, 4.69) is 22.6 Å². The Morgan fingerprint density at radius 2 is 2.04 bits per heavy atom. The van der Waals surface area contributed by atoms with Crippen molar-refractivity contribution in [2.75, 3.05) is 26.2 Å². The van der Waals surface area contributed by atoms with Gasteiger partial charge in [0, 0.05) is 18.1 Å². The maximum absolute atomic E-state index is 13.0. The summed E-state index contributed by atoms with van der Waals surface area (Å²) in [5.41, 5.74) is 2.11. The number of piperidine rings is 1. The third-order valence-corrected chi connectivity index (χ3v) is 5.17. The first kappa shape index (κ1) is 21.7. The van der Waals surface area contributed by atoms with E-state index in [1.54, 1.807) is 4.68 Å². The number of benzene rings is 1. The van der Waals surface area contributed by atoms with Crippen LogP contribution in [-0.2, 0) is 6.42 Å². The van der Waals surface area contributed by atoms with Crippen LogP contribution in [0.15, 0.2) is 24.3 Å². The molecule has 0 bridgehead atoms. The highest BCUT2D eigenvalue weighted by molar-refractivity contribution is 6.30. The molecule has 1 amide bonds. The zero-order chi connectivity index (χ0) is 18.5. The van der Waals surface area contributed by atoms with Gasteiger partial charge in [0.1, 0.15) is 0 Å². The zero-order valence-corrected chi connectivity index (χ0v) is 17.4. The normalized spacial score (nSPS) is 14.9. The smallest absolute Gasteiger partial charge is 0.276 e. The Labute approximate surface area is 171 Å². The summed E-state index contributed by atoms with van der Waals surface area (Å²) in [6, 6.07) is 7.43. The first-order chi connectivity index (χ1) is 12.6. The van der Waals surface area contributed by atoms with Gasteiger partial charge in [-0.25, -0.2) is 4.68 Å². The molecule has 1 N–H and O–H groups in total. The highest BCUT2D eigenvalue weighted by Gasteiger charge is 2.28. The average molecular weight is 412 g/mol. The van der Waals surface area contributed by atoms with Gasteiger partial charge in [0.05, 0.1) is 11.4 Å². The van der Waals surface area contributed by atoms with Crippen molar-refractivity contribution < 1.29 is 4.79 Å². The highest BCUT2D eigenvalue weighted by Crippen LogP contribution is 2.21. The Balaban J connectivity index is 0.00000261. The summed E-state index contributed by atoms with van der Waals surface area (Å²) in [4.78, 5) is 14.9. The highest BCUT2D eigenvalue weighted by atomic mass is 35.5. The molecule has 1 saturated heterocycles. The SMILES string of the molecule is CCNCC1CCN(C(=O)c2nnn(-c3cccc(Cl)c3)c2CC)CC1.Cl. The Kier molecular flexibility index (Phi) is 8.07. The minimum absolute atomic E-state index is 0. The van der Waals surface area contributed by atoms with Gasteiger partial charge in [-0.1, -0.05) is 36.7 Å². The van der Waals surface area contributed by atoms with Crippen molar-refractivity contribution in [2.24, 2.45) is 5.92 Å². The maximum atomic E-state index is 13.0. The van der Waals surface area contributed by atoms with Gasteiger partial charge in [0.15, 0.2) is 5.69 Å². The molecule has 6 nitrogen and oxygen atoms in total. The Morgan fingerprint density at radius 3 is 2.67 bits per heavy atom. The summed E-state index contributed by atoms with van der Waals surface area (Å²) in [5, 5.41) is 12.5. The quantitative estimate of drug-likeness (QED) is 0.791. The molecule has 1 aliphatic rings. The van der Waals surface area contributed by atoms with Crippen molar-refractivity contribution in [1.82, 2.24) is 25.2 Å². The molecule has 1 aliphatic heterocycles. The second-order valence-corrected chi connectivity index (χ2v) is 7.11. The second kappa shape index (κ2) is 10.1. The van der Waals surface area contributed by atoms with Crippen molar-refractivity contribution in [2.45, 2.75) is 33.1 Å². The molecule has 2 aromatic rings. The van der Waals surface area contributed by atoms with Gasteiger partial charge in [0.2, 0.25) is 0 Å². The van der Waals surface area contributed by atoms with Gasteiger partial charge in [-0.05, 0) is 56.5 Å². The van der Waals surface area contributed by atoms with E-state index in [1.807, 2.05) is 36.1 Å². The number of carbonyl (C=O) groups excluding carboxylic acids is 1. The molecule has 0 atom stereocenters. The lowest BCUT2D eigenvalue weighted by Gasteiger charge is -2.31. The standard InChI is InChI=1S/C19H26ClN5O.ClH/c1-3-17-18(22-23-25(17)16-7-5-6-15(20)12-16)19(26)24-10-8-14(9-11-24)13-21-4-2;/h5-7,12,14,21H,3-4,8-11,13H2,1-2H3;1H. The van der Waals surface area contributed by atoms with E-state index in [-0.39, 0.29) is 18.3 Å². The molecule has 148 valence electrons. The van der Waals surface area contributed by atoms with Crippen LogP contribution < -0.4 is 5.32 Å². The third kappa shape index (κ3) is 5.00. The minimum atomic E-state index is -0.0166. The van der Waals surface area contributed by atoms with E-state index in [0.29, 0.717) is 23.1 Å². The summed E-state index contributed by atoms with van der Waals surface area (Å²) in [7, 11) is 0. The molecule has 8 heteroatoms. The van der Waals surface area contributed by atoms with E-state index >= 15 is 0 Å². The zero-order valence-electron chi connectivity index (χ0n) is 15.8. The predicted octanol–water partition coefficient (Wildman–Crippen LogP) is 3.37. The van der Waals surface area contributed by atoms with E-state index in [9.17, 15) is 4.79 Å². The Hall–Kier alpha value is -1.63. The number of carbonyl (C=O) groups is 1. The lowest BCUT2D eigenvalue weighted by molar-refractivity contribution is 0.0683. The van der Waals surface area contributed by atoms with E-state index in [1.165, 1.54) is 0 Å². The average Bonchev–Trinajstić information content (AvgIpc) is 3.10. The van der Waals surface area contributed by atoms with Crippen LogP contribution in [0.25, 0.3) is 5.69 Å². The summed E-state index contributed by atoms with van der Waals surface area (Å²) >= 11 is 6.09. The van der Waals surface area contributed by atoms with E-state index in [0.717, 1.165) is 50.4 Å². The molecule has 0 radical (unpaired) electrons. The van der Waals surface area contributed by atoms with Gasteiger partial charge >= 0.3 is 0 Å². The van der Waals surface area contributed by atoms with Crippen molar-refractivity contribution in [3.05, 3.63) is 40.7 Å². The Bertz CT molecular complexity index is 756. The number of likely N-dealkylation sites (tertiary alicyclic amines) is 1. The predicted molar refractivity (Wildman–Crippen MR) is 110 cm³/mol. The molecule has 27 heavy (non-hydrogen) atoms. The van der Waals surface area contributed by atoms with Crippen molar-refractivity contribution >= 4 is 29.9 Å². The van der Waals surface area contributed by atoms with Crippen LogP contribution in [0.1, 0.15) is 42.9 Å². The molecule has 1 aromatic carbocycles. The van der Waals surface area contributed by atoms with Gasteiger partial charge in [-0.15, -0.1) is 17.5 Å². The fourth-order valence-electron chi connectivity index (χ4n) is 3.44.